The minimum absolute atomic E-state index is 0.0521. The van der Waals surface area contributed by atoms with E-state index < -0.39 is 0 Å². The molecule has 72 valence electrons. The van der Waals surface area contributed by atoms with Crippen LogP contribution in [0.3, 0.4) is 0 Å². The summed E-state index contributed by atoms with van der Waals surface area (Å²) in [6, 6.07) is 6.22. The average molecular weight is 244 g/mol. The maximum absolute atomic E-state index is 9.14. The average Bonchev–Trinajstić information content (AvgIpc) is 2.03. The highest BCUT2D eigenvalue weighted by Gasteiger charge is 2.05. The highest BCUT2D eigenvalue weighted by atomic mass is 79.9. The van der Waals surface area contributed by atoms with E-state index in [9.17, 15) is 0 Å². The molecule has 0 atom stereocenters. The molecule has 2 N–H and O–H groups in total. The number of nitrogens with one attached hydrogen (secondary N) is 1. The Morgan fingerprint density at radius 2 is 2.15 bits per heavy atom. The van der Waals surface area contributed by atoms with Gasteiger partial charge in [-0.15, -0.1) is 0 Å². The third-order valence-electron chi connectivity index (χ3n) is 1.72. The Bertz CT molecular complexity index is 286. The van der Waals surface area contributed by atoms with Crippen LogP contribution in [0.5, 0.6) is 0 Å². The van der Waals surface area contributed by atoms with Crippen LogP contribution in [0.15, 0.2) is 22.7 Å². The van der Waals surface area contributed by atoms with E-state index in [4.69, 9.17) is 5.11 Å². The van der Waals surface area contributed by atoms with Gasteiger partial charge in [0.25, 0.3) is 0 Å². The fourth-order valence-corrected chi connectivity index (χ4v) is 1.66. The molecule has 0 radical (unpaired) electrons. The van der Waals surface area contributed by atoms with Gasteiger partial charge in [0.2, 0.25) is 0 Å². The molecule has 0 saturated carbocycles. The van der Waals surface area contributed by atoms with E-state index in [1.54, 1.807) is 0 Å². The second-order valence-electron chi connectivity index (χ2n) is 3.22. The lowest BCUT2D eigenvalue weighted by atomic mass is 10.2. The maximum atomic E-state index is 9.14. The second-order valence-corrected chi connectivity index (χ2v) is 4.08. The first kappa shape index (κ1) is 10.5. The van der Waals surface area contributed by atoms with E-state index in [1.807, 2.05) is 18.2 Å². The van der Waals surface area contributed by atoms with Gasteiger partial charge in [0.05, 0.1) is 6.61 Å². The Hall–Kier alpha value is -0.540. The van der Waals surface area contributed by atoms with E-state index in [1.165, 1.54) is 0 Å². The van der Waals surface area contributed by atoms with Crippen LogP contribution in [0, 0.1) is 0 Å². The van der Waals surface area contributed by atoms with Crippen molar-refractivity contribution in [2.45, 2.75) is 26.5 Å². The van der Waals surface area contributed by atoms with Crippen LogP contribution in [0.4, 0.5) is 5.69 Å². The van der Waals surface area contributed by atoms with Crippen molar-refractivity contribution in [3.05, 3.63) is 28.2 Å². The Morgan fingerprint density at radius 1 is 1.46 bits per heavy atom. The molecule has 0 fully saturated rings. The molecule has 13 heavy (non-hydrogen) atoms. The van der Waals surface area contributed by atoms with Crippen LogP contribution < -0.4 is 5.32 Å². The Balaban J connectivity index is 2.98. The summed E-state index contributed by atoms with van der Waals surface area (Å²) in [5.41, 5.74) is 1.91. The van der Waals surface area contributed by atoms with Gasteiger partial charge < -0.3 is 10.4 Å². The SMILES string of the molecule is CC(C)Nc1cccc(Br)c1CO. The molecular formula is C10H14BrNO. The Kier molecular flexibility index (Phi) is 3.75. The molecule has 0 saturated heterocycles. The highest BCUT2D eigenvalue weighted by molar-refractivity contribution is 9.10. The third-order valence-corrected chi connectivity index (χ3v) is 2.46. The first-order valence-corrected chi connectivity index (χ1v) is 5.09. The van der Waals surface area contributed by atoms with Crippen molar-refractivity contribution in [3.63, 3.8) is 0 Å². The molecule has 0 aromatic heterocycles. The Labute approximate surface area is 87.1 Å². The number of hydrogen-bond donors (Lipinski definition) is 2. The quantitative estimate of drug-likeness (QED) is 0.856. The summed E-state index contributed by atoms with van der Waals surface area (Å²) in [4.78, 5) is 0. The van der Waals surface area contributed by atoms with Crippen molar-refractivity contribution in [1.82, 2.24) is 0 Å². The molecule has 1 aromatic rings. The number of halogens is 1. The fraction of sp³-hybridized carbons (Fsp3) is 0.400. The summed E-state index contributed by atoms with van der Waals surface area (Å²) in [5, 5.41) is 12.4. The van der Waals surface area contributed by atoms with Gasteiger partial charge in [0.1, 0.15) is 0 Å². The zero-order valence-electron chi connectivity index (χ0n) is 7.84. The normalized spacial score (nSPS) is 10.5. The fourth-order valence-electron chi connectivity index (χ4n) is 1.17. The molecule has 0 aliphatic carbocycles. The zero-order chi connectivity index (χ0) is 9.84. The predicted molar refractivity (Wildman–Crippen MR) is 58.8 cm³/mol. The van der Waals surface area contributed by atoms with E-state index in [0.29, 0.717) is 6.04 Å². The Morgan fingerprint density at radius 3 is 2.69 bits per heavy atom. The van der Waals surface area contributed by atoms with Gasteiger partial charge in [-0.05, 0) is 26.0 Å². The number of hydrogen-bond acceptors (Lipinski definition) is 2. The van der Waals surface area contributed by atoms with Crippen LogP contribution in [0.1, 0.15) is 19.4 Å². The predicted octanol–water partition coefficient (Wildman–Crippen LogP) is 2.76. The van der Waals surface area contributed by atoms with Gasteiger partial charge in [0, 0.05) is 21.8 Å². The largest absolute Gasteiger partial charge is 0.392 e. The van der Waals surface area contributed by atoms with E-state index in [-0.39, 0.29) is 6.61 Å². The van der Waals surface area contributed by atoms with Crippen molar-refractivity contribution in [1.29, 1.82) is 0 Å². The minimum atomic E-state index is 0.0521. The number of aliphatic hydroxyl groups excluding tert-OH is 1. The molecule has 0 unspecified atom stereocenters. The lowest BCUT2D eigenvalue weighted by Crippen LogP contribution is -2.11. The molecule has 0 aliphatic heterocycles. The monoisotopic (exact) mass is 243 g/mol. The zero-order valence-corrected chi connectivity index (χ0v) is 9.43. The van der Waals surface area contributed by atoms with Gasteiger partial charge in [-0.3, -0.25) is 0 Å². The van der Waals surface area contributed by atoms with Gasteiger partial charge in [-0.2, -0.15) is 0 Å². The molecule has 1 rings (SSSR count). The topological polar surface area (TPSA) is 32.3 Å². The smallest absolute Gasteiger partial charge is 0.0713 e. The number of aliphatic hydroxyl groups is 1. The molecule has 0 spiro atoms. The van der Waals surface area contributed by atoms with Crippen molar-refractivity contribution in [2.24, 2.45) is 0 Å². The number of benzene rings is 1. The van der Waals surface area contributed by atoms with Crippen molar-refractivity contribution in [2.75, 3.05) is 5.32 Å². The molecule has 0 aliphatic rings. The van der Waals surface area contributed by atoms with Crippen LogP contribution in [-0.2, 0) is 6.61 Å². The van der Waals surface area contributed by atoms with Crippen LogP contribution in [-0.4, -0.2) is 11.1 Å². The molecule has 3 heteroatoms. The first-order valence-electron chi connectivity index (χ1n) is 4.30. The second kappa shape index (κ2) is 4.63. The standard InChI is InChI=1S/C10H14BrNO/c1-7(2)12-10-5-3-4-9(11)8(10)6-13/h3-5,7,12-13H,6H2,1-2H3. The summed E-state index contributed by atoms with van der Waals surface area (Å²) in [6.07, 6.45) is 0. The van der Waals surface area contributed by atoms with Crippen LogP contribution >= 0.6 is 15.9 Å². The van der Waals surface area contributed by atoms with Gasteiger partial charge in [-0.1, -0.05) is 22.0 Å². The van der Waals surface area contributed by atoms with Gasteiger partial charge in [0.15, 0.2) is 0 Å². The molecule has 2 nitrogen and oxygen atoms in total. The number of rotatable bonds is 3. The summed E-state index contributed by atoms with van der Waals surface area (Å²) in [6.45, 7) is 4.20. The van der Waals surface area contributed by atoms with E-state index in [2.05, 4.69) is 35.1 Å². The highest BCUT2D eigenvalue weighted by Crippen LogP contribution is 2.25. The van der Waals surface area contributed by atoms with Gasteiger partial charge >= 0.3 is 0 Å². The minimum Gasteiger partial charge on any atom is -0.392 e. The molecule has 0 bridgehead atoms. The summed E-state index contributed by atoms with van der Waals surface area (Å²) < 4.78 is 0.945. The van der Waals surface area contributed by atoms with Crippen LogP contribution in [0.2, 0.25) is 0 Å². The third kappa shape index (κ3) is 2.71. The molecule has 1 aromatic carbocycles. The van der Waals surface area contributed by atoms with E-state index in [0.717, 1.165) is 15.7 Å². The molecule has 0 heterocycles. The van der Waals surface area contributed by atoms with Crippen molar-refractivity contribution < 1.29 is 5.11 Å². The first-order chi connectivity index (χ1) is 6.15. The number of anilines is 1. The lowest BCUT2D eigenvalue weighted by Gasteiger charge is -2.14. The maximum Gasteiger partial charge on any atom is 0.0713 e. The summed E-state index contributed by atoms with van der Waals surface area (Å²) in [7, 11) is 0. The molecule has 0 amide bonds. The molecular weight excluding hydrogens is 230 g/mol. The lowest BCUT2D eigenvalue weighted by molar-refractivity contribution is 0.281. The van der Waals surface area contributed by atoms with E-state index >= 15 is 0 Å². The summed E-state index contributed by atoms with van der Waals surface area (Å²) >= 11 is 3.40. The van der Waals surface area contributed by atoms with Gasteiger partial charge in [-0.25, -0.2) is 0 Å². The summed E-state index contributed by atoms with van der Waals surface area (Å²) in [5.74, 6) is 0. The van der Waals surface area contributed by atoms with Crippen molar-refractivity contribution in [3.8, 4) is 0 Å². The van der Waals surface area contributed by atoms with Crippen LogP contribution in [0.25, 0.3) is 0 Å². The van der Waals surface area contributed by atoms with Crippen molar-refractivity contribution >= 4 is 21.6 Å².